The van der Waals surface area contributed by atoms with E-state index in [-0.39, 0.29) is 19.1 Å². The molecule has 0 aromatic heterocycles. The Morgan fingerprint density at radius 1 is 1.47 bits per heavy atom. The highest BCUT2D eigenvalue weighted by Crippen LogP contribution is 2.22. The first-order valence-corrected chi connectivity index (χ1v) is 5.85. The van der Waals surface area contributed by atoms with Crippen LogP contribution < -0.4 is 10.5 Å². The summed E-state index contributed by atoms with van der Waals surface area (Å²) in [6.07, 6.45) is -0.713. The van der Waals surface area contributed by atoms with Gasteiger partial charge >= 0.3 is 0 Å². The first-order chi connectivity index (χ1) is 8.99. The van der Waals surface area contributed by atoms with Crippen LogP contribution in [0.1, 0.15) is 10.4 Å². The molecule has 0 saturated heterocycles. The van der Waals surface area contributed by atoms with Crippen molar-refractivity contribution in [2.24, 2.45) is 0 Å². The van der Waals surface area contributed by atoms with Crippen molar-refractivity contribution in [3.8, 4) is 5.75 Å². The quantitative estimate of drug-likeness (QED) is 0.727. The van der Waals surface area contributed by atoms with Crippen molar-refractivity contribution >= 4 is 11.6 Å². The van der Waals surface area contributed by atoms with Gasteiger partial charge in [0.15, 0.2) is 0 Å². The third-order valence-corrected chi connectivity index (χ3v) is 2.67. The maximum Gasteiger partial charge on any atom is 0.253 e. The van der Waals surface area contributed by atoms with Crippen LogP contribution in [0.4, 0.5) is 5.69 Å². The van der Waals surface area contributed by atoms with Gasteiger partial charge in [-0.05, 0) is 18.2 Å². The number of aliphatic hydroxyl groups excluding tert-OH is 1. The highest BCUT2D eigenvalue weighted by atomic mass is 16.5. The molecule has 1 amide bonds. The lowest BCUT2D eigenvalue weighted by atomic mass is 10.1. The highest BCUT2D eigenvalue weighted by molar-refractivity contribution is 5.95. The molecule has 19 heavy (non-hydrogen) atoms. The van der Waals surface area contributed by atoms with Gasteiger partial charge in [-0.15, -0.1) is 0 Å². The Labute approximate surface area is 112 Å². The van der Waals surface area contributed by atoms with Gasteiger partial charge in [-0.25, -0.2) is 0 Å². The van der Waals surface area contributed by atoms with E-state index in [2.05, 4.69) is 0 Å². The molecule has 1 rings (SSSR count). The largest absolute Gasteiger partial charge is 0.495 e. The van der Waals surface area contributed by atoms with Crippen molar-refractivity contribution in [2.75, 3.05) is 40.2 Å². The molecule has 0 aliphatic rings. The molecule has 0 aliphatic carbocycles. The predicted octanol–water partition coefficient (Wildman–Crippen LogP) is 0.357. The van der Waals surface area contributed by atoms with E-state index in [1.54, 1.807) is 25.2 Å². The molecule has 3 N–H and O–H groups in total. The van der Waals surface area contributed by atoms with Gasteiger partial charge in [0.25, 0.3) is 5.91 Å². The maximum absolute atomic E-state index is 12.1. The molecule has 0 spiro atoms. The summed E-state index contributed by atoms with van der Waals surface area (Å²) in [5.41, 5.74) is 6.62. The van der Waals surface area contributed by atoms with E-state index >= 15 is 0 Å². The SMILES string of the molecule is COCC(O)CN(C)C(=O)c1ccc(N)c(OC)c1. The van der Waals surface area contributed by atoms with Crippen LogP contribution in [-0.2, 0) is 4.74 Å². The zero-order chi connectivity index (χ0) is 14.4. The summed E-state index contributed by atoms with van der Waals surface area (Å²) >= 11 is 0. The Balaban J connectivity index is 2.76. The van der Waals surface area contributed by atoms with E-state index < -0.39 is 6.10 Å². The van der Waals surface area contributed by atoms with E-state index in [9.17, 15) is 9.90 Å². The Morgan fingerprint density at radius 2 is 2.16 bits per heavy atom. The van der Waals surface area contributed by atoms with Gasteiger partial charge in [0, 0.05) is 26.3 Å². The molecule has 6 nitrogen and oxygen atoms in total. The fourth-order valence-electron chi connectivity index (χ4n) is 1.71. The number of benzene rings is 1. The zero-order valence-electron chi connectivity index (χ0n) is 11.4. The lowest BCUT2D eigenvalue weighted by molar-refractivity contribution is 0.0380. The van der Waals surface area contributed by atoms with Crippen LogP contribution in [0.15, 0.2) is 18.2 Å². The Kier molecular flexibility index (Phi) is 5.59. The molecule has 0 fully saturated rings. The number of rotatable bonds is 6. The smallest absolute Gasteiger partial charge is 0.253 e. The van der Waals surface area contributed by atoms with E-state index in [0.717, 1.165) is 0 Å². The zero-order valence-corrected chi connectivity index (χ0v) is 11.4. The van der Waals surface area contributed by atoms with Crippen molar-refractivity contribution < 1.29 is 19.4 Å². The minimum atomic E-state index is -0.713. The van der Waals surface area contributed by atoms with Gasteiger partial charge < -0.3 is 25.2 Å². The van der Waals surface area contributed by atoms with Crippen molar-refractivity contribution in [1.29, 1.82) is 0 Å². The van der Waals surface area contributed by atoms with Crippen LogP contribution in [-0.4, -0.2) is 56.4 Å². The van der Waals surface area contributed by atoms with Crippen LogP contribution >= 0.6 is 0 Å². The molecular weight excluding hydrogens is 248 g/mol. The van der Waals surface area contributed by atoms with Gasteiger partial charge in [0.2, 0.25) is 0 Å². The van der Waals surface area contributed by atoms with Gasteiger partial charge in [-0.3, -0.25) is 4.79 Å². The molecule has 106 valence electrons. The second kappa shape index (κ2) is 6.96. The standard InChI is InChI=1S/C13H20N2O4/c1-15(7-10(16)8-18-2)13(17)9-4-5-11(14)12(6-9)19-3/h4-6,10,16H,7-8,14H2,1-3H3. The van der Waals surface area contributed by atoms with Crippen LogP contribution in [0.5, 0.6) is 5.75 Å². The number of methoxy groups -OCH3 is 2. The highest BCUT2D eigenvalue weighted by Gasteiger charge is 2.16. The van der Waals surface area contributed by atoms with Crippen molar-refractivity contribution in [1.82, 2.24) is 4.90 Å². The summed E-state index contributed by atoms with van der Waals surface area (Å²) in [5, 5.41) is 9.60. The molecule has 1 atom stereocenters. The van der Waals surface area contributed by atoms with Crippen LogP contribution in [0, 0.1) is 0 Å². The average Bonchev–Trinajstić information content (AvgIpc) is 2.38. The predicted molar refractivity (Wildman–Crippen MR) is 72.2 cm³/mol. The number of amides is 1. The number of nitrogens with zero attached hydrogens (tertiary/aromatic N) is 1. The third-order valence-electron chi connectivity index (χ3n) is 2.67. The lowest BCUT2D eigenvalue weighted by Gasteiger charge is -2.20. The van der Waals surface area contributed by atoms with Crippen LogP contribution in [0.3, 0.4) is 0 Å². The Morgan fingerprint density at radius 3 is 2.74 bits per heavy atom. The summed E-state index contributed by atoms with van der Waals surface area (Å²) in [7, 11) is 4.60. The summed E-state index contributed by atoms with van der Waals surface area (Å²) < 4.78 is 9.89. The van der Waals surface area contributed by atoms with Gasteiger partial charge in [-0.1, -0.05) is 0 Å². The van der Waals surface area contributed by atoms with Crippen LogP contribution in [0.2, 0.25) is 0 Å². The number of hydrogen-bond donors (Lipinski definition) is 2. The second-order valence-electron chi connectivity index (χ2n) is 4.25. The first-order valence-electron chi connectivity index (χ1n) is 5.85. The topological polar surface area (TPSA) is 85.0 Å². The van der Waals surface area contributed by atoms with Crippen LogP contribution in [0.25, 0.3) is 0 Å². The lowest BCUT2D eigenvalue weighted by Crippen LogP contribution is -2.36. The number of aliphatic hydroxyl groups is 1. The molecule has 0 radical (unpaired) electrons. The maximum atomic E-state index is 12.1. The van der Waals surface area contributed by atoms with Crippen molar-refractivity contribution in [3.63, 3.8) is 0 Å². The molecule has 0 aliphatic heterocycles. The number of likely N-dealkylation sites (N-methyl/N-ethyl adjacent to an activating group) is 1. The van der Waals surface area contributed by atoms with Crippen molar-refractivity contribution in [3.05, 3.63) is 23.8 Å². The number of nitrogens with two attached hydrogens (primary N) is 1. The molecular formula is C13H20N2O4. The molecule has 6 heteroatoms. The Hall–Kier alpha value is -1.79. The van der Waals surface area contributed by atoms with E-state index in [1.807, 2.05) is 0 Å². The number of carbonyl (C=O) groups excluding carboxylic acids is 1. The molecule has 0 heterocycles. The molecule has 0 bridgehead atoms. The summed E-state index contributed by atoms with van der Waals surface area (Å²) in [6, 6.07) is 4.82. The van der Waals surface area contributed by atoms with Crippen molar-refractivity contribution in [2.45, 2.75) is 6.10 Å². The Bertz CT molecular complexity index is 437. The normalized spacial score (nSPS) is 12.0. The monoisotopic (exact) mass is 268 g/mol. The number of carbonyl (C=O) groups is 1. The number of nitrogen functional groups attached to an aromatic ring is 1. The average molecular weight is 268 g/mol. The first kappa shape index (κ1) is 15.3. The molecule has 1 aromatic carbocycles. The fourth-order valence-corrected chi connectivity index (χ4v) is 1.71. The summed E-state index contributed by atoms with van der Waals surface area (Å²) in [6.45, 7) is 0.377. The summed E-state index contributed by atoms with van der Waals surface area (Å²) in [5.74, 6) is 0.241. The third kappa shape index (κ3) is 4.11. The molecule has 1 aromatic rings. The molecule has 1 unspecified atom stereocenters. The number of hydrogen-bond acceptors (Lipinski definition) is 5. The number of ether oxygens (including phenoxy) is 2. The minimum absolute atomic E-state index is 0.183. The van der Waals surface area contributed by atoms with E-state index in [1.165, 1.54) is 19.1 Å². The molecule has 0 saturated carbocycles. The second-order valence-corrected chi connectivity index (χ2v) is 4.25. The number of anilines is 1. The van der Waals surface area contributed by atoms with Gasteiger partial charge in [0.05, 0.1) is 25.5 Å². The van der Waals surface area contributed by atoms with E-state index in [0.29, 0.717) is 17.0 Å². The summed E-state index contributed by atoms with van der Waals surface area (Å²) in [4.78, 5) is 13.6. The van der Waals surface area contributed by atoms with Gasteiger partial charge in [-0.2, -0.15) is 0 Å². The minimum Gasteiger partial charge on any atom is -0.495 e. The van der Waals surface area contributed by atoms with E-state index in [4.69, 9.17) is 15.2 Å². The van der Waals surface area contributed by atoms with Gasteiger partial charge in [0.1, 0.15) is 5.75 Å². The fraction of sp³-hybridized carbons (Fsp3) is 0.462.